The Balaban J connectivity index is 2.00. The van der Waals surface area contributed by atoms with Gasteiger partial charge in [-0.2, -0.15) is 0 Å². The Kier molecular flexibility index (Phi) is 5.01. The number of Topliss-reactive ketones (excluding diaryl/α,β-unsaturated/α-hetero) is 1. The minimum atomic E-state index is 0.0664. The molecule has 1 aromatic carbocycles. The number of carbonyl (C=O) groups excluding carboxylic acids is 1. The van der Waals surface area contributed by atoms with E-state index in [0.717, 1.165) is 16.7 Å². The normalized spacial score (nSPS) is 10.9. The molecule has 112 valence electrons. The fourth-order valence-electron chi connectivity index (χ4n) is 1.94. The number of ketones is 1. The summed E-state index contributed by atoms with van der Waals surface area (Å²) in [7, 11) is 3.53. The molecule has 0 atom stereocenters. The van der Waals surface area contributed by atoms with Gasteiger partial charge in [0.2, 0.25) is 0 Å². The second-order valence-electron chi connectivity index (χ2n) is 4.99. The van der Waals surface area contributed by atoms with Gasteiger partial charge in [0.1, 0.15) is 11.6 Å². The van der Waals surface area contributed by atoms with Crippen LogP contribution in [0.5, 0.6) is 5.75 Å². The number of ether oxygens (including phenoxy) is 1. The smallest absolute Gasteiger partial charge is 0.191 e. The van der Waals surface area contributed by atoms with Crippen molar-refractivity contribution in [3.05, 3.63) is 35.7 Å². The molecule has 0 N–H and O–H groups in total. The van der Waals surface area contributed by atoms with E-state index in [0.29, 0.717) is 17.2 Å². The van der Waals surface area contributed by atoms with Crippen LogP contribution in [0.1, 0.15) is 35.9 Å². The number of thioether (sulfide) groups is 1. The van der Waals surface area contributed by atoms with Crippen molar-refractivity contribution in [2.75, 3.05) is 12.9 Å². The monoisotopic (exact) mass is 305 g/mol. The molecule has 0 aliphatic carbocycles. The summed E-state index contributed by atoms with van der Waals surface area (Å²) in [6, 6.07) is 7.13. The van der Waals surface area contributed by atoms with Gasteiger partial charge in [0.05, 0.1) is 12.9 Å². The average molecular weight is 305 g/mol. The first-order valence-corrected chi connectivity index (χ1v) is 7.70. The van der Waals surface area contributed by atoms with Crippen molar-refractivity contribution >= 4 is 17.5 Å². The number of benzene rings is 1. The number of methoxy groups -OCH3 is 1. The molecule has 1 aromatic heterocycles. The van der Waals surface area contributed by atoms with Crippen LogP contribution in [-0.4, -0.2) is 33.4 Å². The van der Waals surface area contributed by atoms with Gasteiger partial charge in [-0.1, -0.05) is 25.6 Å². The summed E-state index contributed by atoms with van der Waals surface area (Å²) >= 11 is 1.41. The lowest BCUT2D eigenvalue weighted by atomic mass is 10.1. The van der Waals surface area contributed by atoms with Gasteiger partial charge in [-0.15, -0.1) is 10.2 Å². The van der Waals surface area contributed by atoms with E-state index < -0.39 is 0 Å². The van der Waals surface area contributed by atoms with Crippen LogP contribution in [0, 0.1) is 0 Å². The topological polar surface area (TPSA) is 57.0 Å². The molecular weight excluding hydrogens is 286 g/mol. The van der Waals surface area contributed by atoms with Gasteiger partial charge in [-0.3, -0.25) is 4.79 Å². The van der Waals surface area contributed by atoms with Gasteiger partial charge in [0.25, 0.3) is 0 Å². The maximum atomic E-state index is 12.2. The summed E-state index contributed by atoms with van der Waals surface area (Å²) in [6.07, 6.45) is 0. The number of rotatable bonds is 6. The predicted molar refractivity (Wildman–Crippen MR) is 83.1 cm³/mol. The molecule has 0 saturated heterocycles. The Morgan fingerprint density at radius 3 is 2.48 bits per heavy atom. The molecule has 5 nitrogen and oxygen atoms in total. The summed E-state index contributed by atoms with van der Waals surface area (Å²) in [6.45, 7) is 4.14. The van der Waals surface area contributed by atoms with E-state index in [4.69, 9.17) is 4.74 Å². The predicted octanol–water partition coefficient (Wildman–Crippen LogP) is 2.92. The highest BCUT2D eigenvalue weighted by Gasteiger charge is 2.14. The zero-order valence-electron chi connectivity index (χ0n) is 12.7. The van der Waals surface area contributed by atoms with E-state index in [-0.39, 0.29) is 5.78 Å². The molecular formula is C15H19N3O2S. The number of hydrogen-bond acceptors (Lipinski definition) is 5. The lowest BCUT2D eigenvalue weighted by Gasteiger charge is -2.06. The first-order valence-electron chi connectivity index (χ1n) is 6.72. The molecule has 21 heavy (non-hydrogen) atoms. The number of aromatic nitrogens is 3. The molecule has 2 aromatic rings. The summed E-state index contributed by atoms with van der Waals surface area (Å²) in [5.41, 5.74) is 0.676. The van der Waals surface area contributed by atoms with E-state index in [9.17, 15) is 4.79 Å². The van der Waals surface area contributed by atoms with Gasteiger partial charge in [-0.05, 0) is 24.3 Å². The van der Waals surface area contributed by atoms with Gasteiger partial charge < -0.3 is 9.30 Å². The van der Waals surface area contributed by atoms with Crippen molar-refractivity contribution in [3.8, 4) is 5.75 Å². The Hall–Kier alpha value is -1.82. The van der Waals surface area contributed by atoms with E-state index in [1.165, 1.54) is 11.8 Å². The Morgan fingerprint density at radius 2 is 1.95 bits per heavy atom. The quantitative estimate of drug-likeness (QED) is 0.606. The van der Waals surface area contributed by atoms with Crippen molar-refractivity contribution in [3.63, 3.8) is 0 Å². The van der Waals surface area contributed by atoms with Gasteiger partial charge in [-0.25, -0.2) is 0 Å². The van der Waals surface area contributed by atoms with Crippen LogP contribution >= 0.6 is 11.8 Å². The summed E-state index contributed by atoms with van der Waals surface area (Å²) in [5.74, 6) is 2.39. The zero-order valence-corrected chi connectivity index (χ0v) is 13.5. The fourth-order valence-corrected chi connectivity index (χ4v) is 2.76. The third kappa shape index (κ3) is 3.64. The van der Waals surface area contributed by atoms with Crippen LogP contribution in [0.25, 0.3) is 0 Å². The third-order valence-corrected chi connectivity index (χ3v) is 4.15. The lowest BCUT2D eigenvalue weighted by molar-refractivity contribution is 0.102. The average Bonchev–Trinajstić information content (AvgIpc) is 2.86. The highest BCUT2D eigenvalue weighted by atomic mass is 32.2. The minimum absolute atomic E-state index is 0.0664. The molecule has 0 aliphatic heterocycles. The van der Waals surface area contributed by atoms with E-state index in [2.05, 4.69) is 24.0 Å². The molecule has 0 saturated carbocycles. The second kappa shape index (κ2) is 6.76. The maximum Gasteiger partial charge on any atom is 0.191 e. The minimum Gasteiger partial charge on any atom is -0.497 e. The zero-order chi connectivity index (χ0) is 15.4. The second-order valence-corrected chi connectivity index (χ2v) is 5.94. The highest BCUT2D eigenvalue weighted by Crippen LogP contribution is 2.21. The summed E-state index contributed by atoms with van der Waals surface area (Å²) in [5, 5.41) is 9.05. The Labute approximate surface area is 128 Å². The molecule has 0 unspecified atom stereocenters. The molecule has 1 heterocycles. The molecule has 0 bridgehead atoms. The van der Waals surface area contributed by atoms with E-state index in [1.54, 1.807) is 31.4 Å². The molecule has 0 spiro atoms. The van der Waals surface area contributed by atoms with Gasteiger partial charge in [0.15, 0.2) is 10.9 Å². The molecule has 0 fully saturated rings. The summed E-state index contributed by atoms with van der Waals surface area (Å²) < 4.78 is 7.02. The van der Waals surface area contributed by atoms with Crippen molar-refractivity contribution in [1.82, 2.24) is 14.8 Å². The number of carbonyl (C=O) groups is 1. The van der Waals surface area contributed by atoms with E-state index in [1.807, 2.05) is 11.6 Å². The Bertz CT molecular complexity index is 620. The van der Waals surface area contributed by atoms with E-state index >= 15 is 0 Å². The molecule has 6 heteroatoms. The maximum absolute atomic E-state index is 12.2. The molecule has 0 aliphatic rings. The van der Waals surface area contributed by atoms with Gasteiger partial charge >= 0.3 is 0 Å². The first kappa shape index (κ1) is 15.6. The van der Waals surface area contributed by atoms with Crippen LogP contribution in [0.4, 0.5) is 0 Å². The largest absolute Gasteiger partial charge is 0.497 e. The van der Waals surface area contributed by atoms with Crippen molar-refractivity contribution in [2.45, 2.75) is 24.9 Å². The number of nitrogens with zero attached hydrogens (tertiary/aromatic N) is 3. The van der Waals surface area contributed by atoms with Crippen molar-refractivity contribution < 1.29 is 9.53 Å². The molecule has 2 rings (SSSR count). The Morgan fingerprint density at radius 1 is 1.29 bits per heavy atom. The molecule has 0 radical (unpaired) electrons. The third-order valence-electron chi connectivity index (χ3n) is 3.13. The van der Waals surface area contributed by atoms with Crippen LogP contribution in [0.2, 0.25) is 0 Å². The lowest BCUT2D eigenvalue weighted by Crippen LogP contribution is -2.05. The molecule has 0 amide bonds. The van der Waals surface area contributed by atoms with Crippen molar-refractivity contribution in [2.24, 2.45) is 7.05 Å². The van der Waals surface area contributed by atoms with Gasteiger partial charge in [0, 0.05) is 18.5 Å². The first-order chi connectivity index (χ1) is 10.0. The van der Waals surface area contributed by atoms with Crippen LogP contribution in [0.3, 0.4) is 0 Å². The van der Waals surface area contributed by atoms with Crippen LogP contribution < -0.4 is 4.74 Å². The highest BCUT2D eigenvalue weighted by molar-refractivity contribution is 7.99. The summed E-state index contributed by atoms with van der Waals surface area (Å²) in [4.78, 5) is 12.2. The fraction of sp³-hybridized carbons (Fsp3) is 0.400. The van der Waals surface area contributed by atoms with Crippen molar-refractivity contribution in [1.29, 1.82) is 0 Å². The SMILES string of the molecule is COc1ccc(C(=O)CSc2nnc(C(C)C)n2C)cc1. The van der Waals surface area contributed by atoms with Crippen LogP contribution in [-0.2, 0) is 7.05 Å². The standard InChI is InChI=1S/C15H19N3O2S/c1-10(2)14-16-17-15(18(14)3)21-9-13(19)11-5-7-12(20-4)8-6-11/h5-8,10H,9H2,1-4H3. The van der Waals surface area contributed by atoms with Crippen LogP contribution in [0.15, 0.2) is 29.4 Å². The number of hydrogen-bond donors (Lipinski definition) is 0.